The van der Waals surface area contributed by atoms with Crippen LogP contribution in [0.5, 0.6) is 5.75 Å². The number of aromatic nitrogens is 1. The summed E-state index contributed by atoms with van der Waals surface area (Å²) in [5.74, 6) is 0.863. The topological polar surface area (TPSA) is 34.1 Å². The predicted molar refractivity (Wildman–Crippen MR) is 87.7 cm³/mol. The van der Waals surface area contributed by atoms with Crippen LogP contribution in [0.2, 0.25) is 0 Å². The second-order valence-corrected chi connectivity index (χ2v) is 6.69. The summed E-state index contributed by atoms with van der Waals surface area (Å²) >= 11 is 5.30. The minimum atomic E-state index is 0.312. The molecule has 0 spiro atoms. The van der Waals surface area contributed by atoms with E-state index in [1.807, 2.05) is 19.2 Å². The van der Waals surface area contributed by atoms with E-state index in [4.69, 9.17) is 4.74 Å². The zero-order valence-corrected chi connectivity index (χ0v) is 14.3. The number of likely N-dealkylation sites (N-methyl/N-ethyl adjacent to an activating group) is 1. The third kappa shape index (κ3) is 3.81. The van der Waals surface area contributed by atoms with Gasteiger partial charge in [-0.15, -0.1) is 11.3 Å². The number of hydrogen-bond donors (Lipinski definition) is 1. The molecule has 0 amide bonds. The third-order valence-electron chi connectivity index (χ3n) is 3.09. The molecule has 1 heterocycles. The van der Waals surface area contributed by atoms with Gasteiger partial charge in [-0.05, 0) is 53.5 Å². The van der Waals surface area contributed by atoms with E-state index in [1.165, 1.54) is 10.4 Å². The molecule has 1 aromatic heterocycles. The van der Waals surface area contributed by atoms with Crippen LogP contribution in [0.25, 0.3) is 0 Å². The Morgan fingerprint density at radius 2 is 2.25 bits per heavy atom. The van der Waals surface area contributed by atoms with E-state index in [0.29, 0.717) is 6.04 Å². The van der Waals surface area contributed by atoms with Gasteiger partial charge in [0.05, 0.1) is 16.6 Å². The van der Waals surface area contributed by atoms with Gasteiger partial charge in [0.25, 0.3) is 0 Å². The summed E-state index contributed by atoms with van der Waals surface area (Å²) in [5.41, 5.74) is 1.27. The highest BCUT2D eigenvalue weighted by Gasteiger charge is 2.14. The molecule has 2 aromatic rings. The Kier molecular flexibility index (Phi) is 5.57. The predicted octanol–water partition coefficient (Wildman–Crippen LogP) is 4.12. The number of rotatable bonds is 6. The molecule has 0 saturated heterocycles. The fourth-order valence-electron chi connectivity index (χ4n) is 2.13. The molecule has 0 bridgehead atoms. The van der Waals surface area contributed by atoms with E-state index in [2.05, 4.69) is 45.3 Å². The molecule has 5 heteroatoms. The van der Waals surface area contributed by atoms with Crippen molar-refractivity contribution in [2.24, 2.45) is 0 Å². The molecule has 0 aliphatic heterocycles. The molecule has 0 aliphatic rings. The molecular weight excluding hydrogens is 336 g/mol. The van der Waals surface area contributed by atoms with Gasteiger partial charge in [0, 0.05) is 17.1 Å². The maximum atomic E-state index is 5.27. The third-order valence-corrected chi connectivity index (χ3v) is 4.74. The van der Waals surface area contributed by atoms with Crippen LogP contribution in [-0.4, -0.2) is 18.6 Å². The van der Waals surface area contributed by atoms with E-state index >= 15 is 0 Å². The number of halogens is 1. The molecule has 0 radical (unpaired) electrons. The molecule has 1 aromatic carbocycles. The molecule has 20 heavy (non-hydrogen) atoms. The SMILES string of the molecule is CCNC(Cc1ccc(OC)c(Br)c1)c1cnc(C)s1. The van der Waals surface area contributed by atoms with E-state index < -0.39 is 0 Å². The fraction of sp³-hybridized carbons (Fsp3) is 0.400. The standard InChI is InChI=1S/C15H19BrN2OS/c1-4-17-13(15-9-18-10(2)20-15)8-11-5-6-14(19-3)12(16)7-11/h5-7,9,13,17H,4,8H2,1-3H3. The monoisotopic (exact) mass is 354 g/mol. The first kappa shape index (κ1) is 15.5. The number of methoxy groups -OCH3 is 1. The van der Waals surface area contributed by atoms with Crippen molar-refractivity contribution >= 4 is 27.3 Å². The number of nitrogens with one attached hydrogen (secondary N) is 1. The van der Waals surface area contributed by atoms with Crippen molar-refractivity contribution in [1.82, 2.24) is 10.3 Å². The molecule has 0 saturated carbocycles. The molecular formula is C15H19BrN2OS. The van der Waals surface area contributed by atoms with Crippen LogP contribution in [0, 0.1) is 6.92 Å². The van der Waals surface area contributed by atoms with Crippen molar-refractivity contribution in [1.29, 1.82) is 0 Å². The number of aryl methyl sites for hydroxylation is 1. The first-order valence-corrected chi connectivity index (χ1v) is 8.23. The summed E-state index contributed by atoms with van der Waals surface area (Å²) < 4.78 is 6.26. The summed E-state index contributed by atoms with van der Waals surface area (Å²) in [6, 6.07) is 6.55. The Bertz CT molecular complexity index is 571. The van der Waals surface area contributed by atoms with Crippen molar-refractivity contribution in [2.75, 3.05) is 13.7 Å². The number of hydrogen-bond acceptors (Lipinski definition) is 4. The number of nitrogens with zero attached hydrogens (tertiary/aromatic N) is 1. The van der Waals surface area contributed by atoms with Crippen molar-refractivity contribution < 1.29 is 4.74 Å². The minimum Gasteiger partial charge on any atom is -0.496 e. The Hall–Kier alpha value is -0.910. The lowest BCUT2D eigenvalue weighted by molar-refractivity contribution is 0.412. The Morgan fingerprint density at radius 1 is 1.45 bits per heavy atom. The highest BCUT2D eigenvalue weighted by atomic mass is 79.9. The molecule has 2 rings (SSSR count). The van der Waals surface area contributed by atoms with Crippen LogP contribution in [0.3, 0.4) is 0 Å². The Balaban J connectivity index is 2.17. The van der Waals surface area contributed by atoms with E-state index in [9.17, 15) is 0 Å². The largest absolute Gasteiger partial charge is 0.496 e. The molecule has 0 fully saturated rings. The van der Waals surface area contributed by atoms with E-state index in [0.717, 1.165) is 28.2 Å². The van der Waals surface area contributed by atoms with Gasteiger partial charge >= 0.3 is 0 Å². The van der Waals surface area contributed by atoms with Crippen molar-refractivity contribution in [3.63, 3.8) is 0 Å². The molecule has 1 N–H and O–H groups in total. The zero-order chi connectivity index (χ0) is 14.5. The minimum absolute atomic E-state index is 0.312. The first-order chi connectivity index (χ1) is 9.63. The van der Waals surface area contributed by atoms with Gasteiger partial charge in [-0.25, -0.2) is 4.98 Å². The molecule has 1 unspecified atom stereocenters. The summed E-state index contributed by atoms with van der Waals surface area (Å²) in [7, 11) is 1.68. The highest BCUT2D eigenvalue weighted by molar-refractivity contribution is 9.10. The maximum Gasteiger partial charge on any atom is 0.133 e. The quantitative estimate of drug-likeness (QED) is 0.847. The molecule has 0 aliphatic carbocycles. The average molecular weight is 355 g/mol. The van der Waals surface area contributed by atoms with Gasteiger partial charge in [-0.2, -0.15) is 0 Å². The summed E-state index contributed by atoms with van der Waals surface area (Å²) in [4.78, 5) is 5.64. The van der Waals surface area contributed by atoms with Gasteiger partial charge < -0.3 is 10.1 Å². The second-order valence-electron chi connectivity index (χ2n) is 4.56. The fourth-order valence-corrected chi connectivity index (χ4v) is 3.58. The highest BCUT2D eigenvalue weighted by Crippen LogP contribution is 2.29. The molecule has 108 valence electrons. The van der Waals surface area contributed by atoms with Gasteiger partial charge in [0.15, 0.2) is 0 Å². The van der Waals surface area contributed by atoms with E-state index in [1.54, 1.807) is 18.4 Å². The van der Waals surface area contributed by atoms with Gasteiger partial charge in [-0.1, -0.05) is 13.0 Å². The van der Waals surface area contributed by atoms with Crippen LogP contribution in [0.4, 0.5) is 0 Å². The average Bonchev–Trinajstić information content (AvgIpc) is 2.85. The lowest BCUT2D eigenvalue weighted by atomic mass is 10.0. The second kappa shape index (κ2) is 7.20. The lowest BCUT2D eigenvalue weighted by Gasteiger charge is -2.16. The molecule has 3 nitrogen and oxygen atoms in total. The summed E-state index contributed by atoms with van der Waals surface area (Å²) in [5, 5.41) is 4.64. The van der Waals surface area contributed by atoms with Crippen LogP contribution in [0.15, 0.2) is 28.9 Å². The zero-order valence-electron chi connectivity index (χ0n) is 11.9. The lowest BCUT2D eigenvalue weighted by Crippen LogP contribution is -2.22. The Labute approximate surface area is 132 Å². The normalized spacial score (nSPS) is 12.4. The number of ether oxygens (including phenoxy) is 1. The smallest absolute Gasteiger partial charge is 0.133 e. The van der Waals surface area contributed by atoms with Crippen LogP contribution >= 0.6 is 27.3 Å². The van der Waals surface area contributed by atoms with Crippen molar-refractivity contribution in [2.45, 2.75) is 26.3 Å². The van der Waals surface area contributed by atoms with E-state index in [-0.39, 0.29) is 0 Å². The number of benzene rings is 1. The van der Waals surface area contributed by atoms with Crippen LogP contribution in [0.1, 0.15) is 28.4 Å². The molecule has 1 atom stereocenters. The van der Waals surface area contributed by atoms with Crippen molar-refractivity contribution in [3.8, 4) is 5.75 Å². The Morgan fingerprint density at radius 3 is 2.80 bits per heavy atom. The first-order valence-electron chi connectivity index (χ1n) is 6.62. The van der Waals surface area contributed by atoms with Gasteiger partial charge in [0.2, 0.25) is 0 Å². The van der Waals surface area contributed by atoms with Gasteiger partial charge in [-0.3, -0.25) is 0 Å². The van der Waals surface area contributed by atoms with Gasteiger partial charge in [0.1, 0.15) is 5.75 Å². The van der Waals surface area contributed by atoms with Crippen LogP contribution in [-0.2, 0) is 6.42 Å². The summed E-state index contributed by atoms with van der Waals surface area (Å²) in [6.45, 7) is 5.12. The summed E-state index contributed by atoms with van der Waals surface area (Å²) in [6.07, 6.45) is 2.92. The number of thiazole rings is 1. The maximum absolute atomic E-state index is 5.27. The van der Waals surface area contributed by atoms with Crippen molar-refractivity contribution in [3.05, 3.63) is 44.3 Å². The van der Waals surface area contributed by atoms with Crippen LogP contribution < -0.4 is 10.1 Å².